The third-order valence-corrected chi connectivity index (χ3v) is 1.96. The molecule has 0 heterocycles. The van der Waals surface area contributed by atoms with Gasteiger partial charge in [-0.25, -0.2) is 4.39 Å². The Morgan fingerprint density at radius 3 is 2.81 bits per heavy atom. The SMILES string of the molecule is CC(C)=CCNc1cc(F)ccc1[N+](=O)[O-]. The van der Waals surface area contributed by atoms with E-state index in [1.54, 1.807) is 0 Å². The second-order valence-electron chi connectivity index (χ2n) is 3.58. The summed E-state index contributed by atoms with van der Waals surface area (Å²) in [7, 11) is 0. The minimum absolute atomic E-state index is 0.122. The highest BCUT2D eigenvalue weighted by Crippen LogP contribution is 2.24. The van der Waals surface area contributed by atoms with E-state index in [1.165, 1.54) is 0 Å². The summed E-state index contributed by atoms with van der Waals surface area (Å²) in [5, 5.41) is 13.5. The molecule has 0 radical (unpaired) electrons. The van der Waals surface area contributed by atoms with Crippen LogP contribution in [0.3, 0.4) is 0 Å². The predicted octanol–water partition coefficient (Wildman–Crippen LogP) is 3.11. The van der Waals surface area contributed by atoms with Crippen LogP contribution in [0.1, 0.15) is 13.8 Å². The van der Waals surface area contributed by atoms with E-state index in [2.05, 4.69) is 5.32 Å². The average Bonchev–Trinajstić information content (AvgIpc) is 2.16. The van der Waals surface area contributed by atoms with Crippen LogP contribution in [0.15, 0.2) is 29.8 Å². The number of benzene rings is 1. The molecule has 0 amide bonds. The van der Waals surface area contributed by atoms with Gasteiger partial charge in [0, 0.05) is 18.7 Å². The van der Waals surface area contributed by atoms with Gasteiger partial charge >= 0.3 is 0 Å². The molecule has 0 atom stereocenters. The highest BCUT2D eigenvalue weighted by molar-refractivity contribution is 5.61. The fourth-order valence-electron chi connectivity index (χ4n) is 1.17. The normalized spacial score (nSPS) is 9.69. The smallest absolute Gasteiger partial charge is 0.292 e. The van der Waals surface area contributed by atoms with Crippen molar-refractivity contribution in [3.8, 4) is 0 Å². The molecule has 0 aliphatic rings. The van der Waals surface area contributed by atoms with Crippen molar-refractivity contribution < 1.29 is 9.31 Å². The summed E-state index contributed by atoms with van der Waals surface area (Å²) >= 11 is 0. The van der Waals surface area contributed by atoms with Crippen LogP contribution in [0.2, 0.25) is 0 Å². The van der Waals surface area contributed by atoms with Crippen LogP contribution in [-0.4, -0.2) is 11.5 Å². The molecule has 1 N–H and O–H groups in total. The van der Waals surface area contributed by atoms with Crippen molar-refractivity contribution in [2.45, 2.75) is 13.8 Å². The predicted molar refractivity (Wildman–Crippen MR) is 61.0 cm³/mol. The molecule has 0 fully saturated rings. The van der Waals surface area contributed by atoms with Gasteiger partial charge in [0.05, 0.1) is 4.92 Å². The number of halogens is 1. The molecule has 1 rings (SSSR count). The number of nitro groups is 1. The molecule has 86 valence electrons. The summed E-state index contributed by atoms with van der Waals surface area (Å²) in [6.07, 6.45) is 1.87. The summed E-state index contributed by atoms with van der Waals surface area (Å²) in [6.45, 7) is 4.27. The van der Waals surface area contributed by atoms with Crippen LogP contribution >= 0.6 is 0 Å². The third-order valence-electron chi connectivity index (χ3n) is 1.96. The van der Waals surface area contributed by atoms with Crippen LogP contribution < -0.4 is 5.32 Å². The van der Waals surface area contributed by atoms with E-state index >= 15 is 0 Å². The summed E-state index contributed by atoms with van der Waals surface area (Å²) in [4.78, 5) is 10.1. The Morgan fingerprint density at radius 1 is 1.56 bits per heavy atom. The lowest BCUT2D eigenvalue weighted by molar-refractivity contribution is -0.384. The van der Waals surface area contributed by atoms with E-state index < -0.39 is 10.7 Å². The zero-order valence-electron chi connectivity index (χ0n) is 9.16. The van der Waals surface area contributed by atoms with Crippen molar-refractivity contribution >= 4 is 11.4 Å². The third kappa shape index (κ3) is 3.34. The Hall–Kier alpha value is -1.91. The molecule has 0 aliphatic heterocycles. The minimum atomic E-state index is -0.537. The summed E-state index contributed by atoms with van der Waals surface area (Å²) in [5.41, 5.74) is 1.16. The molecule has 4 nitrogen and oxygen atoms in total. The first kappa shape index (κ1) is 12.2. The number of anilines is 1. The molecule has 0 saturated heterocycles. The lowest BCUT2D eigenvalue weighted by atomic mass is 10.2. The van der Waals surface area contributed by atoms with Crippen molar-refractivity contribution in [3.63, 3.8) is 0 Å². The van der Waals surface area contributed by atoms with Crippen LogP contribution in [0, 0.1) is 15.9 Å². The molecule has 16 heavy (non-hydrogen) atoms. The van der Waals surface area contributed by atoms with E-state index in [-0.39, 0.29) is 11.4 Å². The second kappa shape index (κ2) is 5.25. The quantitative estimate of drug-likeness (QED) is 0.485. The first-order valence-corrected chi connectivity index (χ1v) is 4.82. The van der Waals surface area contributed by atoms with Gasteiger partial charge in [0.15, 0.2) is 0 Å². The fraction of sp³-hybridized carbons (Fsp3) is 0.273. The lowest BCUT2D eigenvalue weighted by Gasteiger charge is -2.04. The number of hydrogen-bond donors (Lipinski definition) is 1. The molecule has 5 heteroatoms. The minimum Gasteiger partial charge on any atom is -0.376 e. The Bertz CT molecular complexity index is 426. The molecule has 0 aromatic heterocycles. The van der Waals surface area contributed by atoms with Gasteiger partial charge in [-0.1, -0.05) is 11.6 Å². The number of nitro benzene ring substituents is 1. The number of hydrogen-bond acceptors (Lipinski definition) is 3. The van der Waals surface area contributed by atoms with Gasteiger partial charge in [-0.15, -0.1) is 0 Å². The highest BCUT2D eigenvalue weighted by atomic mass is 19.1. The molecular formula is C11H13FN2O2. The monoisotopic (exact) mass is 224 g/mol. The van der Waals surface area contributed by atoms with Crippen molar-refractivity contribution in [3.05, 3.63) is 45.8 Å². The maximum absolute atomic E-state index is 12.9. The van der Waals surface area contributed by atoms with Crippen LogP contribution in [0.5, 0.6) is 0 Å². The maximum atomic E-state index is 12.9. The number of nitrogens with zero attached hydrogens (tertiary/aromatic N) is 1. The second-order valence-corrected chi connectivity index (χ2v) is 3.58. The van der Waals surface area contributed by atoms with Gasteiger partial charge in [0.25, 0.3) is 5.69 Å². The van der Waals surface area contributed by atoms with Gasteiger partial charge in [-0.3, -0.25) is 10.1 Å². The molecule has 1 aromatic carbocycles. The Kier molecular flexibility index (Phi) is 3.99. The first-order valence-electron chi connectivity index (χ1n) is 4.82. The fourth-order valence-corrected chi connectivity index (χ4v) is 1.17. The van der Waals surface area contributed by atoms with Gasteiger partial charge in [-0.2, -0.15) is 0 Å². The van der Waals surface area contributed by atoms with E-state index in [4.69, 9.17) is 0 Å². The topological polar surface area (TPSA) is 55.2 Å². The summed E-state index contributed by atoms with van der Waals surface area (Å²) in [6, 6.07) is 3.35. The van der Waals surface area contributed by atoms with Gasteiger partial charge in [0.1, 0.15) is 11.5 Å². The molecule has 1 aromatic rings. The average molecular weight is 224 g/mol. The largest absolute Gasteiger partial charge is 0.376 e. The number of rotatable bonds is 4. The van der Waals surface area contributed by atoms with Crippen molar-refractivity contribution in [2.24, 2.45) is 0 Å². The maximum Gasteiger partial charge on any atom is 0.292 e. The Labute approximate surface area is 92.9 Å². The zero-order chi connectivity index (χ0) is 12.1. The van der Waals surface area contributed by atoms with Gasteiger partial charge in [-0.05, 0) is 19.9 Å². The van der Waals surface area contributed by atoms with Crippen LogP contribution in [0.25, 0.3) is 0 Å². The summed E-state index contributed by atoms with van der Waals surface area (Å²) in [5.74, 6) is -0.495. The summed E-state index contributed by atoms with van der Waals surface area (Å²) < 4.78 is 12.9. The Morgan fingerprint density at radius 2 is 2.25 bits per heavy atom. The lowest BCUT2D eigenvalue weighted by Crippen LogP contribution is -2.03. The van der Waals surface area contributed by atoms with Gasteiger partial charge < -0.3 is 5.32 Å². The Balaban J connectivity index is 2.88. The van der Waals surface area contributed by atoms with E-state index in [1.807, 2.05) is 19.9 Å². The van der Waals surface area contributed by atoms with Crippen LogP contribution in [0.4, 0.5) is 15.8 Å². The molecule has 0 aliphatic carbocycles. The highest BCUT2D eigenvalue weighted by Gasteiger charge is 2.13. The molecular weight excluding hydrogens is 211 g/mol. The van der Waals surface area contributed by atoms with Crippen LogP contribution in [-0.2, 0) is 0 Å². The van der Waals surface area contributed by atoms with Crippen molar-refractivity contribution in [2.75, 3.05) is 11.9 Å². The van der Waals surface area contributed by atoms with E-state index in [9.17, 15) is 14.5 Å². The standard InChI is InChI=1S/C11H13FN2O2/c1-8(2)5-6-13-10-7-9(12)3-4-11(10)14(15)16/h3-5,7,13H,6H2,1-2H3. The number of nitrogens with one attached hydrogen (secondary N) is 1. The molecule has 0 saturated carbocycles. The molecule has 0 spiro atoms. The first-order chi connectivity index (χ1) is 7.50. The molecule has 0 bridgehead atoms. The van der Waals surface area contributed by atoms with Gasteiger partial charge in [0.2, 0.25) is 0 Å². The number of allylic oxidation sites excluding steroid dienone is 1. The zero-order valence-corrected chi connectivity index (χ0v) is 9.16. The molecule has 0 unspecified atom stereocenters. The van der Waals surface area contributed by atoms with Crippen molar-refractivity contribution in [1.82, 2.24) is 0 Å². The van der Waals surface area contributed by atoms with E-state index in [0.29, 0.717) is 6.54 Å². The van der Waals surface area contributed by atoms with E-state index in [0.717, 1.165) is 23.8 Å². The van der Waals surface area contributed by atoms with Crippen molar-refractivity contribution in [1.29, 1.82) is 0 Å².